The lowest BCUT2D eigenvalue weighted by Crippen LogP contribution is -2.25. The molecule has 0 bridgehead atoms. The summed E-state index contributed by atoms with van der Waals surface area (Å²) in [5, 5.41) is 2.41. The largest absolute Gasteiger partial charge is 0.419 e. The first kappa shape index (κ1) is 16.9. The summed E-state index contributed by atoms with van der Waals surface area (Å²) in [4.78, 5) is 16.5. The predicted octanol–water partition coefficient (Wildman–Crippen LogP) is 3.73. The topological polar surface area (TPSA) is 46.4 Å². The third-order valence-corrected chi connectivity index (χ3v) is 3.81. The van der Waals surface area contributed by atoms with Crippen LogP contribution in [-0.2, 0) is 12.7 Å². The molecule has 3 rings (SSSR count). The fourth-order valence-electron chi connectivity index (χ4n) is 2.53. The van der Waals surface area contributed by atoms with Crippen molar-refractivity contribution in [2.45, 2.75) is 19.6 Å². The number of alkyl halides is 3. The Bertz CT molecular complexity index is 947. The number of hydrogen-bond donors (Lipinski definition) is 1. The Hall–Kier alpha value is -2.90. The molecule has 2 aromatic heterocycles. The molecule has 0 aliphatic carbocycles. The molecule has 0 radical (unpaired) electrons. The third-order valence-electron chi connectivity index (χ3n) is 3.81. The Morgan fingerprint density at radius 2 is 1.96 bits per heavy atom. The van der Waals surface area contributed by atoms with E-state index in [-0.39, 0.29) is 17.8 Å². The maximum Gasteiger partial charge on any atom is 0.419 e. The number of benzene rings is 1. The van der Waals surface area contributed by atoms with Gasteiger partial charge >= 0.3 is 6.18 Å². The van der Waals surface area contributed by atoms with E-state index in [4.69, 9.17) is 0 Å². The smallest absolute Gasteiger partial charge is 0.346 e. The van der Waals surface area contributed by atoms with E-state index in [1.54, 1.807) is 35.7 Å². The molecule has 2 heterocycles. The Morgan fingerprint density at radius 3 is 2.64 bits per heavy atom. The molecule has 0 unspecified atom stereocenters. The number of nitrogens with zero attached hydrogens (tertiary/aromatic N) is 2. The predicted molar refractivity (Wildman–Crippen MR) is 82.5 cm³/mol. The number of aryl methyl sites for hydroxylation is 1. The van der Waals surface area contributed by atoms with Gasteiger partial charge in [0.25, 0.3) is 5.91 Å². The highest BCUT2D eigenvalue weighted by molar-refractivity contribution is 5.94. The molecular weight excluding hydrogens is 338 g/mol. The maximum absolute atomic E-state index is 14.0. The van der Waals surface area contributed by atoms with Crippen LogP contribution in [0.25, 0.3) is 5.65 Å². The van der Waals surface area contributed by atoms with E-state index >= 15 is 0 Å². The normalized spacial score (nSPS) is 11.7. The molecule has 0 saturated heterocycles. The molecule has 1 N–H and O–H groups in total. The van der Waals surface area contributed by atoms with E-state index in [0.717, 1.165) is 6.07 Å². The minimum absolute atomic E-state index is 0.138. The average Bonchev–Trinajstić information content (AvgIpc) is 2.90. The summed E-state index contributed by atoms with van der Waals surface area (Å²) in [6.45, 7) is 1.32. The number of rotatable bonds is 3. The van der Waals surface area contributed by atoms with Gasteiger partial charge in [0, 0.05) is 18.3 Å². The fourth-order valence-corrected chi connectivity index (χ4v) is 2.53. The molecule has 8 heteroatoms. The summed E-state index contributed by atoms with van der Waals surface area (Å²) < 4.78 is 53.9. The molecule has 130 valence electrons. The van der Waals surface area contributed by atoms with Crippen molar-refractivity contribution in [3.8, 4) is 0 Å². The highest BCUT2D eigenvalue weighted by Gasteiger charge is 2.34. The van der Waals surface area contributed by atoms with Crippen LogP contribution in [0, 0.1) is 12.7 Å². The highest BCUT2D eigenvalue weighted by atomic mass is 19.4. The second-order valence-corrected chi connectivity index (χ2v) is 5.43. The summed E-state index contributed by atoms with van der Waals surface area (Å²) in [5.41, 5.74) is -0.320. The first-order valence-electron chi connectivity index (χ1n) is 7.35. The lowest BCUT2D eigenvalue weighted by molar-refractivity contribution is -0.140. The van der Waals surface area contributed by atoms with Gasteiger partial charge < -0.3 is 9.72 Å². The molecular formula is C17H13F4N3O. The van der Waals surface area contributed by atoms with E-state index in [1.807, 2.05) is 0 Å². The van der Waals surface area contributed by atoms with Crippen molar-refractivity contribution in [2.24, 2.45) is 0 Å². The molecule has 0 aliphatic rings. The van der Waals surface area contributed by atoms with Crippen molar-refractivity contribution < 1.29 is 22.4 Å². The zero-order chi connectivity index (χ0) is 18.2. The van der Waals surface area contributed by atoms with E-state index < -0.39 is 23.5 Å². The molecule has 0 spiro atoms. The number of imidazole rings is 1. The minimum Gasteiger partial charge on any atom is -0.346 e. The zero-order valence-electron chi connectivity index (χ0n) is 13.1. The first-order valence-corrected chi connectivity index (χ1v) is 7.35. The molecule has 25 heavy (non-hydrogen) atoms. The standard InChI is InChI=1S/C17H13F4N3O/c1-10-15(23-13-7-2-3-8-24(10)13)16(25)22-9-11-5-4-6-12(14(11)18)17(19,20)21/h2-8H,9H2,1H3,(H,22,25). The summed E-state index contributed by atoms with van der Waals surface area (Å²) in [5.74, 6) is -1.97. The zero-order valence-corrected chi connectivity index (χ0v) is 13.1. The van der Waals surface area contributed by atoms with Gasteiger partial charge in [-0.2, -0.15) is 13.2 Å². The van der Waals surface area contributed by atoms with Gasteiger partial charge in [-0.15, -0.1) is 0 Å². The number of fused-ring (bicyclic) bond motifs is 1. The molecule has 1 aromatic carbocycles. The van der Waals surface area contributed by atoms with Crippen molar-refractivity contribution >= 4 is 11.6 Å². The van der Waals surface area contributed by atoms with Crippen LogP contribution >= 0.6 is 0 Å². The SMILES string of the molecule is Cc1c(C(=O)NCc2cccc(C(F)(F)F)c2F)nc2ccccn12. The number of aromatic nitrogens is 2. The van der Waals surface area contributed by atoms with Gasteiger partial charge in [-0.3, -0.25) is 4.79 Å². The average molecular weight is 351 g/mol. The number of hydrogen-bond acceptors (Lipinski definition) is 2. The molecule has 0 fully saturated rings. The fraction of sp³-hybridized carbons (Fsp3) is 0.176. The molecule has 3 aromatic rings. The summed E-state index contributed by atoms with van der Waals surface area (Å²) in [7, 11) is 0. The number of carbonyl (C=O) groups is 1. The van der Waals surface area contributed by atoms with E-state index in [9.17, 15) is 22.4 Å². The first-order chi connectivity index (χ1) is 11.8. The number of carbonyl (C=O) groups excluding carboxylic acids is 1. The second kappa shape index (κ2) is 6.19. The monoisotopic (exact) mass is 351 g/mol. The van der Waals surface area contributed by atoms with Crippen molar-refractivity contribution in [3.63, 3.8) is 0 Å². The lowest BCUT2D eigenvalue weighted by atomic mass is 10.1. The number of halogens is 4. The van der Waals surface area contributed by atoms with E-state index in [1.165, 1.54) is 6.07 Å². The van der Waals surface area contributed by atoms with Crippen LogP contribution in [0.5, 0.6) is 0 Å². The second-order valence-electron chi connectivity index (χ2n) is 5.43. The van der Waals surface area contributed by atoms with Crippen LogP contribution in [0.2, 0.25) is 0 Å². The van der Waals surface area contributed by atoms with Crippen LogP contribution in [-0.4, -0.2) is 15.3 Å². The van der Waals surface area contributed by atoms with Gasteiger partial charge in [0.2, 0.25) is 0 Å². The number of nitrogens with one attached hydrogen (secondary N) is 1. The number of pyridine rings is 1. The van der Waals surface area contributed by atoms with Crippen LogP contribution in [0.15, 0.2) is 42.6 Å². The molecule has 1 amide bonds. The van der Waals surface area contributed by atoms with Gasteiger partial charge in [0.05, 0.1) is 11.3 Å². The van der Waals surface area contributed by atoms with Crippen LogP contribution in [0.1, 0.15) is 27.3 Å². The van der Waals surface area contributed by atoms with E-state index in [2.05, 4.69) is 10.3 Å². The van der Waals surface area contributed by atoms with Gasteiger partial charge in [0.15, 0.2) is 0 Å². The quantitative estimate of drug-likeness (QED) is 0.731. The summed E-state index contributed by atoms with van der Waals surface area (Å²) >= 11 is 0. The van der Waals surface area contributed by atoms with Gasteiger partial charge in [-0.05, 0) is 25.1 Å². The molecule has 0 atom stereocenters. The van der Waals surface area contributed by atoms with Crippen LogP contribution in [0.3, 0.4) is 0 Å². The summed E-state index contributed by atoms with van der Waals surface area (Å²) in [6.07, 6.45) is -3.05. The van der Waals surface area contributed by atoms with Gasteiger partial charge in [0.1, 0.15) is 17.2 Å². The van der Waals surface area contributed by atoms with Crippen LogP contribution < -0.4 is 5.32 Å². The van der Waals surface area contributed by atoms with Crippen molar-refractivity contribution in [1.82, 2.24) is 14.7 Å². The molecule has 0 aliphatic heterocycles. The Balaban J connectivity index is 1.82. The molecule has 0 saturated carbocycles. The number of amides is 1. The van der Waals surface area contributed by atoms with Gasteiger partial charge in [-0.1, -0.05) is 18.2 Å². The highest BCUT2D eigenvalue weighted by Crippen LogP contribution is 2.32. The molecule has 4 nitrogen and oxygen atoms in total. The van der Waals surface area contributed by atoms with Crippen molar-refractivity contribution in [3.05, 3.63) is 70.9 Å². The Labute approximate surface area is 140 Å². The minimum atomic E-state index is -4.79. The van der Waals surface area contributed by atoms with Crippen molar-refractivity contribution in [2.75, 3.05) is 0 Å². The Kier molecular flexibility index (Phi) is 4.20. The van der Waals surface area contributed by atoms with Crippen LogP contribution in [0.4, 0.5) is 17.6 Å². The van der Waals surface area contributed by atoms with E-state index in [0.29, 0.717) is 17.4 Å². The maximum atomic E-state index is 14.0. The lowest BCUT2D eigenvalue weighted by Gasteiger charge is -2.11. The van der Waals surface area contributed by atoms with Crippen molar-refractivity contribution in [1.29, 1.82) is 0 Å². The Morgan fingerprint density at radius 1 is 1.20 bits per heavy atom. The van der Waals surface area contributed by atoms with Gasteiger partial charge in [-0.25, -0.2) is 9.37 Å². The third kappa shape index (κ3) is 3.19. The summed E-state index contributed by atoms with van der Waals surface area (Å²) in [6, 6.07) is 8.22.